The Balaban J connectivity index is 1.70. The SMILES string of the molecule is COc1ccc(-c2cc(OCCCCC3CO3)ccc2C(=O)[O-])cc1. The number of epoxide rings is 1. The summed E-state index contributed by atoms with van der Waals surface area (Å²) < 4.78 is 16.1. The molecule has 0 radical (unpaired) electrons. The Morgan fingerprint density at radius 1 is 1.16 bits per heavy atom. The first kappa shape index (κ1) is 17.3. The van der Waals surface area contributed by atoms with Crippen molar-refractivity contribution in [2.45, 2.75) is 25.4 Å². The summed E-state index contributed by atoms with van der Waals surface area (Å²) >= 11 is 0. The summed E-state index contributed by atoms with van der Waals surface area (Å²) in [5.74, 6) is 0.158. The number of aromatic carboxylic acids is 1. The van der Waals surface area contributed by atoms with Gasteiger partial charge in [-0.25, -0.2) is 0 Å². The van der Waals surface area contributed by atoms with Crippen LogP contribution in [0.5, 0.6) is 11.5 Å². The molecule has 0 aliphatic carbocycles. The summed E-state index contributed by atoms with van der Waals surface area (Å²) in [7, 11) is 1.59. The van der Waals surface area contributed by atoms with Crippen molar-refractivity contribution in [2.24, 2.45) is 0 Å². The summed E-state index contributed by atoms with van der Waals surface area (Å²) in [5, 5.41) is 11.4. The second kappa shape index (κ2) is 8.03. The second-order valence-corrected chi connectivity index (χ2v) is 6.02. The second-order valence-electron chi connectivity index (χ2n) is 6.02. The maximum absolute atomic E-state index is 11.4. The third-order valence-electron chi connectivity index (χ3n) is 4.20. The quantitative estimate of drug-likeness (QED) is 0.518. The molecule has 0 saturated carbocycles. The Morgan fingerprint density at radius 2 is 1.88 bits per heavy atom. The zero-order valence-corrected chi connectivity index (χ0v) is 14.2. The smallest absolute Gasteiger partial charge is 0.119 e. The van der Waals surface area contributed by atoms with Gasteiger partial charge in [0.05, 0.1) is 32.4 Å². The molecule has 1 aliphatic rings. The van der Waals surface area contributed by atoms with E-state index in [1.165, 1.54) is 6.07 Å². The molecule has 0 spiro atoms. The third-order valence-corrected chi connectivity index (χ3v) is 4.20. The van der Waals surface area contributed by atoms with E-state index >= 15 is 0 Å². The lowest BCUT2D eigenvalue weighted by Gasteiger charge is -2.14. The standard InChI is InChI=1S/C20H22O5/c1-23-15-7-5-14(6-8-15)19-12-16(9-10-18(19)20(21)22)24-11-3-2-4-17-13-25-17/h5-10,12,17H,2-4,11,13H2,1H3,(H,21,22)/p-1. The van der Waals surface area contributed by atoms with Crippen molar-refractivity contribution < 1.29 is 24.1 Å². The van der Waals surface area contributed by atoms with Crippen LogP contribution in [0.15, 0.2) is 42.5 Å². The number of carbonyl (C=O) groups is 1. The highest BCUT2D eigenvalue weighted by Gasteiger charge is 2.21. The highest BCUT2D eigenvalue weighted by molar-refractivity contribution is 5.95. The van der Waals surface area contributed by atoms with Crippen LogP contribution < -0.4 is 14.6 Å². The Kier molecular flexibility index (Phi) is 5.56. The van der Waals surface area contributed by atoms with E-state index in [4.69, 9.17) is 14.2 Å². The van der Waals surface area contributed by atoms with Gasteiger partial charge >= 0.3 is 0 Å². The molecule has 0 N–H and O–H groups in total. The molecule has 1 unspecified atom stereocenters. The molecule has 1 saturated heterocycles. The van der Waals surface area contributed by atoms with Gasteiger partial charge < -0.3 is 24.1 Å². The van der Waals surface area contributed by atoms with Crippen LogP contribution >= 0.6 is 0 Å². The third kappa shape index (κ3) is 4.73. The number of carboxylic acids is 1. The molecule has 1 heterocycles. The van der Waals surface area contributed by atoms with Crippen molar-refractivity contribution in [3.8, 4) is 22.6 Å². The fourth-order valence-electron chi connectivity index (χ4n) is 2.70. The average molecular weight is 341 g/mol. The van der Waals surface area contributed by atoms with Crippen LogP contribution in [0, 0.1) is 0 Å². The largest absolute Gasteiger partial charge is 0.545 e. The first-order valence-corrected chi connectivity index (χ1v) is 8.41. The first-order valence-electron chi connectivity index (χ1n) is 8.41. The van der Waals surface area contributed by atoms with Gasteiger partial charge in [0, 0.05) is 5.56 Å². The lowest BCUT2D eigenvalue weighted by atomic mass is 9.99. The number of ether oxygens (including phenoxy) is 3. The maximum atomic E-state index is 11.4. The van der Waals surface area contributed by atoms with Gasteiger partial charge in [-0.15, -0.1) is 0 Å². The number of hydrogen-bond donors (Lipinski definition) is 0. The average Bonchev–Trinajstić information content (AvgIpc) is 3.45. The maximum Gasteiger partial charge on any atom is 0.119 e. The van der Waals surface area contributed by atoms with Gasteiger partial charge in [0.1, 0.15) is 11.5 Å². The zero-order chi connectivity index (χ0) is 17.6. The molecule has 5 heteroatoms. The van der Waals surface area contributed by atoms with Crippen molar-refractivity contribution in [3.05, 3.63) is 48.0 Å². The highest BCUT2D eigenvalue weighted by atomic mass is 16.6. The molecule has 1 atom stereocenters. The van der Waals surface area contributed by atoms with Crippen molar-refractivity contribution in [2.75, 3.05) is 20.3 Å². The van der Waals surface area contributed by atoms with E-state index in [-0.39, 0.29) is 5.56 Å². The van der Waals surface area contributed by atoms with Gasteiger partial charge in [-0.3, -0.25) is 0 Å². The van der Waals surface area contributed by atoms with E-state index < -0.39 is 5.97 Å². The van der Waals surface area contributed by atoms with Gasteiger partial charge in [0.2, 0.25) is 0 Å². The fourth-order valence-corrected chi connectivity index (χ4v) is 2.70. The summed E-state index contributed by atoms with van der Waals surface area (Å²) in [4.78, 5) is 11.4. The zero-order valence-electron chi connectivity index (χ0n) is 14.2. The van der Waals surface area contributed by atoms with Crippen LogP contribution in [0.4, 0.5) is 0 Å². The Bertz CT molecular complexity index is 719. The van der Waals surface area contributed by atoms with E-state index in [1.54, 1.807) is 31.4 Å². The van der Waals surface area contributed by atoms with Gasteiger partial charge in [0.25, 0.3) is 0 Å². The van der Waals surface area contributed by atoms with E-state index in [2.05, 4.69) is 0 Å². The number of benzene rings is 2. The van der Waals surface area contributed by atoms with Crippen LogP contribution in [0.3, 0.4) is 0 Å². The predicted octanol–water partition coefficient (Wildman–Crippen LogP) is 2.67. The van der Waals surface area contributed by atoms with Gasteiger partial charge in [-0.05, 0) is 60.7 Å². The van der Waals surface area contributed by atoms with Crippen LogP contribution in [-0.2, 0) is 4.74 Å². The number of rotatable bonds is 9. The molecule has 1 aliphatic heterocycles. The van der Waals surface area contributed by atoms with Crippen molar-refractivity contribution in [1.82, 2.24) is 0 Å². The number of carboxylic acid groups (broad SMARTS) is 1. The number of methoxy groups -OCH3 is 1. The molecule has 5 nitrogen and oxygen atoms in total. The molecule has 2 aromatic rings. The van der Waals surface area contributed by atoms with Gasteiger partial charge in [0.15, 0.2) is 0 Å². The van der Waals surface area contributed by atoms with E-state index in [0.29, 0.717) is 29.8 Å². The van der Waals surface area contributed by atoms with E-state index in [9.17, 15) is 9.90 Å². The first-order chi connectivity index (χ1) is 12.2. The minimum Gasteiger partial charge on any atom is -0.545 e. The van der Waals surface area contributed by atoms with Crippen LogP contribution in [0.2, 0.25) is 0 Å². The highest BCUT2D eigenvalue weighted by Crippen LogP contribution is 2.29. The minimum absolute atomic E-state index is 0.142. The lowest BCUT2D eigenvalue weighted by Crippen LogP contribution is -2.23. The monoisotopic (exact) mass is 341 g/mol. The molecule has 132 valence electrons. The molecule has 3 rings (SSSR count). The van der Waals surface area contributed by atoms with Gasteiger partial charge in [-0.1, -0.05) is 12.1 Å². The molecule has 25 heavy (non-hydrogen) atoms. The number of hydrogen-bond acceptors (Lipinski definition) is 5. The Hall–Kier alpha value is -2.53. The predicted molar refractivity (Wildman–Crippen MR) is 91.8 cm³/mol. The number of unbranched alkanes of at least 4 members (excludes halogenated alkanes) is 1. The van der Waals surface area contributed by atoms with Crippen molar-refractivity contribution >= 4 is 5.97 Å². The molecule has 0 amide bonds. The topological polar surface area (TPSA) is 71.1 Å². The summed E-state index contributed by atoms with van der Waals surface area (Å²) in [6.45, 7) is 1.48. The van der Waals surface area contributed by atoms with Gasteiger partial charge in [-0.2, -0.15) is 0 Å². The minimum atomic E-state index is -1.21. The summed E-state index contributed by atoms with van der Waals surface area (Å²) in [6.07, 6.45) is 3.53. The molecular formula is C20H21O5-. The van der Waals surface area contributed by atoms with Crippen LogP contribution in [0.1, 0.15) is 29.6 Å². The molecule has 2 aromatic carbocycles. The molecule has 0 aromatic heterocycles. The molecular weight excluding hydrogens is 320 g/mol. The fraction of sp³-hybridized carbons (Fsp3) is 0.350. The number of carbonyl (C=O) groups excluding carboxylic acids is 1. The Labute approximate surface area is 147 Å². The van der Waals surface area contributed by atoms with Crippen molar-refractivity contribution in [1.29, 1.82) is 0 Å². The molecule has 0 bridgehead atoms. The lowest BCUT2D eigenvalue weighted by molar-refractivity contribution is -0.254. The summed E-state index contributed by atoms with van der Waals surface area (Å²) in [5.41, 5.74) is 1.49. The molecule has 1 fully saturated rings. The normalized spacial score (nSPS) is 15.6. The summed E-state index contributed by atoms with van der Waals surface area (Å²) in [6, 6.07) is 12.2. The van der Waals surface area contributed by atoms with Crippen LogP contribution in [0.25, 0.3) is 11.1 Å². The Morgan fingerprint density at radius 3 is 2.52 bits per heavy atom. The van der Waals surface area contributed by atoms with E-state index in [0.717, 1.165) is 31.4 Å². The van der Waals surface area contributed by atoms with Crippen molar-refractivity contribution in [3.63, 3.8) is 0 Å². The van der Waals surface area contributed by atoms with E-state index in [1.807, 2.05) is 12.1 Å². The van der Waals surface area contributed by atoms with Crippen LogP contribution in [-0.4, -0.2) is 32.4 Å².